The number of hydrogen-bond acceptors (Lipinski definition) is 6. The van der Waals surface area contributed by atoms with Gasteiger partial charge in [-0.15, -0.1) is 0 Å². The van der Waals surface area contributed by atoms with Crippen LogP contribution >= 0.6 is 0 Å². The second-order valence-electron chi connectivity index (χ2n) is 5.10. The molecule has 0 aliphatic carbocycles. The largest absolute Gasteiger partial charge is 0.386 e. The molecule has 6 nitrogen and oxygen atoms in total. The average Bonchev–Trinajstić information content (AvgIpc) is 2.51. The van der Waals surface area contributed by atoms with Gasteiger partial charge in [-0.25, -0.2) is 0 Å². The third kappa shape index (κ3) is 5.61. The maximum atomic E-state index is 9.84. The highest BCUT2D eigenvalue weighted by atomic mass is 16.4. The van der Waals surface area contributed by atoms with E-state index < -0.39 is 24.7 Å². The van der Waals surface area contributed by atoms with E-state index in [2.05, 4.69) is 17.6 Å². The molecule has 0 saturated heterocycles. The summed E-state index contributed by atoms with van der Waals surface area (Å²) in [6, 6.07) is 7.52. The standard InChI is InChI=1S/C15H26N2O4/c1-3-4-5-10-6-8-11(9-7-10)17-15(21)13(19)12(18)14(20)16-2/h6-9,12-21H,3-5H2,1-2H3/t12?,13-,14?,15?/m1/s1. The van der Waals surface area contributed by atoms with Gasteiger partial charge in [0, 0.05) is 5.69 Å². The predicted molar refractivity (Wildman–Crippen MR) is 81.8 cm³/mol. The minimum Gasteiger partial charge on any atom is -0.386 e. The highest BCUT2D eigenvalue weighted by Crippen LogP contribution is 2.14. The van der Waals surface area contributed by atoms with E-state index in [9.17, 15) is 20.4 Å². The number of unbranched alkanes of at least 4 members (excludes halogenated alkanes) is 1. The topological polar surface area (TPSA) is 105 Å². The lowest BCUT2D eigenvalue weighted by atomic mass is 10.1. The van der Waals surface area contributed by atoms with E-state index >= 15 is 0 Å². The van der Waals surface area contributed by atoms with E-state index in [-0.39, 0.29) is 0 Å². The molecule has 0 aromatic heterocycles. The molecular weight excluding hydrogens is 272 g/mol. The summed E-state index contributed by atoms with van der Waals surface area (Å²) in [6.07, 6.45) is -2.45. The summed E-state index contributed by atoms with van der Waals surface area (Å²) in [6.45, 7) is 2.14. The fourth-order valence-electron chi connectivity index (χ4n) is 1.95. The van der Waals surface area contributed by atoms with Crippen LogP contribution in [0.25, 0.3) is 0 Å². The van der Waals surface area contributed by atoms with E-state index in [1.54, 1.807) is 0 Å². The van der Waals surface area contributed by atoms with Crippen molar-refractivity contribution in [1.82, 2.24) is 5.32 Å². The SMILES string of the molecule is CCCCc1ccc(NC(O)[C@H](O)C(O)C(O)NC)cc1. The highest BCUT2D eigenvalue weighted by molar-refractivity contribution is 5.45. The first-order valence-electron chi connectivity index (χ1n) is 7.24. The summed E-state index contributed by atoms with van der Waals surface area (Å²) < 4.78 is 0. The molecule has 0 aliphatic rings. The monoisotopic (exact) mass is 298 g/mol. The van der Waals surface area contributed by atoms with Crippen LogP contribution in [0.1, 0.15) is 25.3 Å². The van der Waals surface area contributed by atoms with Crippen LogP contribution in [0.4, 0.5) is 5.69 Å². The van der Waals surface area contributed by atoms with Crippen LogP contribution in [-0.4, -0.2) is 52.1 Å². The molecule has 0 bridgehead atoms. The second kappa shape index (κ2) is 8.96. The van der Waals surface area contributed by atoms with Crippen molar-refractivity contribution < 1.29 is 20.4 Å². The third-order valence-corrected chi connectivity index (χ3v) is 3.38. The van der Waals surface area contributed by atoms with E-state index in [1.807, 2.05) is 24.3 Å². The Morgan fingerprint density at radius 3 is 2.05 bits per heavy atom. The van der Waals surface area contributed by atoms with Crippen LogP contribution in [0, 0.1) is 0 Å². The lowest BCUT2D eigenvalue weighted by molar-refractivity contribution is -0.104. The smallest absolute Gasteiger partial charge is 0.153 e. The summed E-state index contributed by atoms with van der Waals surface area (Å²) >= 11 is 0. The Morgan fingerprint density at radius 2 is 1.52 bits per heavy atom. The van der Waals surface area contributed by atoms with E-state index in [4.69, 9.17) is 0 Å². The first-order chi connectivity index (χ1) is 9.99. The molecule has 1 rings (SSSR count). The summed E-state index contributed by atoms with van der Waals surface area (Å²) in [5, 5.41) is 43.7. The summed E-state index contributed by atoms with van der Waals surface area (Å²) in [7, 11) is 1.44. The third-order valence-electron chi connectivity index (χ3n) is 3.38. The summed E-state index contributed by atoms with van der Waals surface area (Å²) in [5.74, 6) is 0. The number of anilines is 1. The van der Waals surface area contributed by atoms with Gasteiger partial charge >= 0.3 is 0 Å². The molecule has 0 radical (unpaired) electrons. The minimum absolute atomic E-state index is 0.632. The predicted octanol–water partition coefficient (Wildman–Crippen LogP) is 0.0191. The maximum Gasteiger partial charge on any atom is 0.153 e. The average molecular weight is 298 g/mol. The fraction of sp³-hybridized carbons (Fsp3) is 0.600. The van der Waals surface area contributed by atoms with E-state index in [0.29, 0.717) is 5.69 Å². The zero-order valence-electron chi connectivity index (χ0n) is 12.5. The van der Waals surface area contributed by atoms with Crippen LogP contribution in [0.15, 0.2) is 24.3 Å². The molecule has 6 heteroatoms. The molecule has 3 unspecified atom stereocenters. The zero-order chi connectivity index (χ0) is 15.8. The molecule has 0 fully saturated rings. The first-order valence-corrected chi connectivity index (χ1v) is 7.24. The Hall–Kier alpha value is -1.18. The zero-order valence-corrected chi connectivity index (χ0v) is 12.5. The van der Waals surface area contributed by atoms with Crippen molar-refractivity contribution in [1.29, 1.82) is 0 Å². The van der Waals surface area contributed by atoms with Gasteiger partial charge in [0.05, 0.1) is 0 Å². The van der Waals surface area contributed by atoms with Crippen molar-refractivity contribution in [2.45, 2.75) is 50.8 Å². The molecule has 1 aromatic rings. The van der Waals surface area contributed by atoms with Crippen LogP contribution in [0.2, 0.25) is 0 Å². The molecule has 0 amide bonds. The van der Waals surface area contributed by atoms with E-state index in [0.717, 1.165) is 19.3 Å². The summed E-state index contributed by atoms with van der Waals surface area (Å²) in [5.41, 5.74) is 1.84. The Balaban J connectivity index is 2.55. The van der Waals surface area contributed by atoms with Gasteiger partial charge in [0.2, 0.25) is 0 Å². The number of benzene rings is 1. The van der Waals surface area contributed by atoms with Crippen molar-refractivity contribution in [2.24, 2.45) is 0 Å². The number of nitrogens with one attached hydrogen (secondary N) is 2. The van der Waals surface area contributed by atoms with Crippen LogP contribution in [-0.2, 0) is 6.42 Å². The number of aryl methyl sites for hydroxylation is 1. The van der Waals surface area contributed by atoms with Crippen LogP contribution < -0.4 is 10.6 Å². The van der Waals surface area contributed by atoms with Gasteiger partial charge in [-0.2, -0.15) is 0 Å². The van der Waals surface area contributed by atoms with Crippen molar-refractivity contribution in [3.8, 4) is 0 Å². The molecule has 6 N–H and O–H groups in total. The first kappa shape index (κ1) is 17.9. The van der Waals surface area contributed by atoms with Gasteiger partial charge in [0.1, 0.15) is 18.4 Å². The lowest BCUT2D eigenvalue weighted by Gasteiger charge is -2.27. The van der Waals surface area contributed by atoms with Gasteiger partial charge in [0.15, 0.2) is 6.23 Å². The molecule has 1 aromatic carbocycles. The highest BCUT2D eigenvalue weighted by Gasteiger charge is 2.29. The number of hydrogen-bond donors (Lipinski definition) is 6. The van der Waals surface area contributed by atoms with Gasteiger partial charge in [0.25, 0.3) is 0 Å². The lowest BCUT2D eigenvalue weighted by Crippen LogP contribution is -2.51. The van der Waals surface area contributed by atoms with Crippen molar-refractivity contribution in [2.75, 3.05) is 12.4 Å². The molecule has 0 heterocycles. The number of aliphatic hydroxyl groups is 4. The quantitative estimate of drug-likeness (QED) is 0.359. The van der Waals surface area contributed by atoms with Crippen molar-refractivity contribution >= 4 is 5.69 Å². The molecule has 120 valence electrons. The molecule has 0 spiro atoms. The number of likely N-dealkylation sites (N-methyl/N-ethyl adjacent to an activating group) is 1. The Bertz CT molecular complexity index is 399. The molecular formula is C15H26N2O4. The molecule has 4 atom stereocenters. The normalized spacial score (nSPS) is 17.0. The van der Waals surface area contributed by atoms with Gasteiger partial charge in [-0.1, -0.05) is 25.5 Å². The van der Waals surface area contributed by atoms with E-state index in [1.165, 1.54) is 12.6 Å². The second-order valence-corrected chi connectivity index (χ2v) is 5.10. The van der Waals surface area contributed by atoms with Crippen molar-refractivity contribution in [3.63, 3.8) is 0 Å². The van der Waals surface area contributed by atoms with Gasteiger partial charge in [-0.3, -0.25) is 5.32 Å². The fourth-order valence-corrected chi connectivity index (χ4v) is 1.95. The number of aliphatic hydroxyl groups excluding tert-OH is 4. The van der Waals surface area contributed by atoms with Crippen LogP contribution in [0.3, 0.4) is 0 Å². The van der Waals surface area contributed by atoms with Crippen LogP contribution in [0.5, 0.6) is 0 Å². The Morgan fingerprint density at radius 1 is 0.952 bits per heavy atom. The van der Waals surface area contributed by atoms with Gasteiger partial charge < -0.3 is 25.7 Å². The number of rotatable bonds is 9. The Labute approximate surface area is 125 Å². The minimum atomic E-state index is -1.52. The van der Waals surface area contributed by atoms with Gasteiger partial charge in [-0.05, 0) is 37.6 Å². The van der Waals surface area contributed by atoms with Crippen molar-refractivity contribution in [3.05, 3.63) is 29.8 Å². The molecule has 0 saturated carbocycles. The maximum absolute atomic E-state index is 9.84. The Kier molecular flexibility index (Phi) is 7.63. The molecule has 21 heavy (non-hydrogen) atoms. The molecule has 0 aliphatic heterocycles. The summed E-state index contributed by atoms with van der Waals surface area (Å²) in [4.78, 5) is 0.